The van der Waals surface area contributed by atoms with Crippen LogP contribution < -0.4 is 14.2 Å². The minimum Gasteiger partial charge on any atom is -0.493 e. The molecule has 0 saturated carbocycles. The maximum atomic E-state index is 10.8. The first kappa shape index (κ1) is 12.9. The topological polar surface area (TPSA) is 70.8 Å². The molecule has 0 amide bonds. The molecular weight excluding hydrogens is 250 g/mol. The number of nitrogens with zero attached hydrogens (tertiary/aromatic N) is 1. The summed E-state index contributed by atoms with van der Waals surface area (Å²) in [5.74, 6) is 1.17. The zero-order valence-electron chi connectivity index (χ0n) is 10.8. The highest BCUT2D eigenvalue weighted by molar-refractivity contribution is 5.69. The lowest BCUT2D eigenvalue weighted by Gasteiger charge is -2.07. The van der Waals surface area contributed by atoms with Crippen molar-refractivity contribution in [3.05, 3.63) is 24.5 Å². The van der Waals surface area contributed by atoms with Crippen molar-refractivity contribution in [1.82, 2.24) is 4.98 Å². The van der Waals surface area contributed by atoms with Crippen molar-refractivity contribution in [2.45, 2.75) is 6.92 Å². The van der Waals surface area contributed by atoms with Gasteiger partial charge in [-0.3, -0.25) is 4.79 Å². The Kier molecular flexibility index (Phi) is 3.70. The molecule has 1 heterocycles. The molecule has 2 rings (SSSR count). The van der Waals surface area contributed by atoms with Crippen LogP contribution in [0.1, 0.15) is 6.92 Å². The number of oxazole rings is 1. The number of aromatic nitrogens is 1. The Morgan fingerprint density at radius 2 is 1.95 bits per heavy atom. The highest BCUT2D eigenvalue weighted by Crippen LogP contribution is 2.32. The standard InChI is InChI=1S/C13H13NO5/c1-8(15)19-12-7-18-13(14-12)9-4-5-10(16-2)11(6-9)17-3/h4-7H,1-3H3. The van der Waals surface area contributed by atoms with E-state index in [0.717, 1.165) is 0 Å². The fourth-order valence-electron chi connectivity index (χ4n) is 1.55. The van der Waals surface area contributed by atoms with Gasteiger partial charge in [0.15, 0.2) is 17.8 Å². The maximum Gasteiger partial charge on any atom is 0.309 e. The number of methoxy groups -OCH3 is 2. The Morgan fingerprint density at radius 1 is 1.21 bits per heavy atom. The molecule has 6 nitrogen and oxygen atoms in total. The van der Waals surface area contributed by atoms with Crippen molar-refractivity contribution in [1.29, 1.82) is 0 Å². The van der Waals surface area contributed by atoms with Gasteiger partial charge in [0.05, 0.1) is 14.2 Å². The summed E-state index contributed by atoms with van der Waals surface area (Å²) in [7, 11) is 3.10. The Bertz CT molecular complexity index is 590. The van der Waals surface area contributed by atoms with Gasteiger partial charge in [0, 0.05) is 12.5 Å². The van der Waals surface area contributed by atoms with Gasteiger partial charge in [-0.1, -0.05) is 0 Å². The van der Waals surface area contributed by atoms with Crippen molar-refractivity contribution < 1.29 is 23.4 Å². The molecule has 0 spiro atoms. The van der Waals surface area contributed by atoms with E-state index in [2.05, 4.69) is 4.98 Å². The Labute approximate surface area is 109 Å². The lowest BCUT2D eigenvalue weighted by atomic mass is 10.2. The van der Waals surface area contributed by atoms with Crippen molar-refractivity contribution in [3.8, 4) is 28.8 Å². The number of hydrogen-bond acceptors (Lipinski definition) is 6. The molecule has 0 aliphatic carbocycles. The van der Waals surface area contributed by atoms with Crippen LogP contribution in [0.2, 0.25) is 0 Å². The molecular formula is C13H13NO5. The lowest BCUT2D eigenvalue weighted by molar-refractivity contribution is -0.132. The summed E-state index contributed by atoms with van der Waals surface area (Å²) in [4.78, 5) is 14.8. The predicted molar refractivity (Wildman–Crippen MR) is 66.4 cm³/mol. The molecule has 0 bridgehead atoms. The van der Waals surface area contributed by atoms with Crippen LogP contribution in [-0.4, -0.2) is 25.2 Å². The normalized spacial score (nSPS) is 10.1. The first-order chi connectivity index (χ1) is 9.13. The highest BCUT2D eigenvalue weighted by Gasteiger charge is 2.12. The molecule has 0 unspecified atom stereocenters. The molecule has 0 aliphatic heterocycles. The van der Waals surface area contributed by atoms with Crippen molar-refractivity contribution in [2.24, 2.45) is 0 Å². The van der Waals surface area contributed by atoms with Crippen LogP contribution in [0.4, 0.5) is 0 Å². The van der Waals surface area contributed by atoms with Crippen molar-refractivity contribution in [3.63, 3.8) is 0 Å². The monoisotopic (exact) mass is 263 g/mol. The van der Waals surface area contributed by atoms with Crippen LogP contribution in [0.15, 0.2) is 28.9 Å². The average Bonchev–Trinajstić information content (AvgIpc) is 2.85. The second-order valence-electron chi connectivity index (χ2n) is 3.65. The molecule has 1 aromatic heterocycles. The van der Waals surface area contributed by atoms with Gasteiger partial charge >= 0.3 is 5.97 Å². The van der Waals surface area contributed by atoms with E-state index < -0.39 is 5.97 Å². The maximum absolute atomic E-state index is 10.8. The van der Waals surface area contributed by atoms with E-state index >= 15 is 0 Å². The fraction of sp³-hybridized carbons (Fsp3) is 0.231. The van der Waals surface area contributed by atoms with Gasteiger partial charge in [-0.2, -0.15) is 4.98 Å². The number of carbonyl (C=O) groups excluding carboxylic acids is 1. The number of rotatable bonds is 4. The van der Waals surface area contributed by atoms with Gasteiger partial charge in [-0.15, -0.1) is 0 Å². The Hall–Kier alpha value is -2.50. The van der Waals surface area contributed by atoms with Gasteiger partial charge in [0.25, 0.3) is 5.88 Å². The van der Waals surface area contributed by atoms with Crippen LogP contribution >= 0.6 is 0 Å². The van der Waals surface area contributed by atoms with Gasteiger partial charge < -0.3 is 18.6 Å². The quantitative estimate of drug-likeness (QED) is 0.788. The van der Waals surface area contributed by atoms with Gasteiger partial charge in [0.1, 0.15) is 0 Å². The second-order valence-corrected chi connectivity index (χ2v) is 3.65. The van der Waals surface area contributed by atoms with Crippen LogP contribution in [-0.2, 0) is 4.79 Å². The third-order valence-corrected chi connectivity index (χ3v) is 2.36. The molecule has 0 atom stereocenters. The minimum atomic E-state index is -0.452. The molecule has 2 aromatic rings. The summed E-state index contributed by atoms with van der Waals surface area (Å²) in [6.07, 6.45) is 1.27. The van der Waals surface area contributed by atoms with Crippen LogP contribution in [0, 0.1) is 0 Å². The van der Waals surface area contributed by atoms with Gasteiger partial charge in [-0.25, -0.2) is 0 Å². The highest BCUT2D eigenvalue weighted by atomic mass is 16.5. The van der Waals surface area contributed by atoms with Crippen LogP contribution in [0.3, 0.4) is 0 Å². The van der Waals surface area contributed by atoms with Gasteiger partial charge in [0.2, 0.25) is 5.89 Å². The summed E-state index contributed by atoms with van der Waals surface area (Å²) in [6, 6.07) is 5.23. The summed E-state index contributed by atoms with van der Waals surface area (Å²) < 4.78 is 20.4. The molecule has 0 fully saturated rings. The first-order valence-corrected chi connectivity index (χ1v) is 5.50. The third kappa shape index (κ3) is 2.85. The zero-order valence-corrected chi connectivity index (χ0v) is 10.8. The Balaban J connectivity index is 2.31. The number of ether oxygens (including phenoxy) is 3. The molecule has 100 valence electrons. The SMILES string of the molecule is COc1ccc(-c2nc(OC(C)=O)co2)cc1OC. The predicted octanol–water partition coefficient (Wildman–Crippen LogP) is 2.28. The van der Waals surface area contributed by atoms with E-state index in [1.807, 2.05) is 0 Å². The zero-order chi connectivity index (χ0) is 13.8. The van der Waals surface area contributed by atoms with E-state index in [-0.39, 0.29) is 5.88 Å². The molecule has 0 aliphatic rings. The van der Waals surface area contributed by atoms with E-state index in [1.54, 1.807) is 32.4 Å². The lowest BCUT2D eigenvalue weighted by Crippen LogP contribution is -2.01. The number of esters is 1. The first-order valence-electron chi connectivity index (χ1n) is 5.50. The smallest absolute Gasteiger partial charge is 0.309 e. The average molecular weight is 263 g/mol. The molecule has 19 heavy (non-hydrogen) atoms. The largest absolute Gasteiger partial charge is 0.493 e. The van der Waals surface area contributed by atoms with E-state index in [4.69, 9.17) is 18.6 Å². The molecule has 0 N–H and O–H groups in total. The van der Waals surface area contributed by atoms with E-state index in [1.165, 1.54) is 13.2 Å². The summed E-state index contributed by atoms with van der Waals surface area (Å²) in [5, 5.41) is 0. The molecule has 0 radical (unpaired) electrons. The Morgan fingerprint density at radius 3 is 2.58 bits per heavy atom. The van der Waals surface area contributed by atoms with Crippen molar-refractivity contribution in [2.75, 3.05) is 14.2 Å². The molecule has 1 aromatic carbocycles. The van der Waals surface area contributed by atoms with E-state index in [9.17, 15) is 4.79 Å². The van der Waals surface area contributed by atoms with E-state index in [0.29, 0.717) is 23.0 Å². The molecule has 6 heteroatoms. The third-order valence-electron chi connectivity index (χ3n) is 2.36. The molecule has 0 saturated heterocycles. The van der Waals surface area contributed by atoms with Crippen molar-refractivity contribution >= 4 is 5.97 Å². The number of hydrogen-bond donors (Lipinski definition) is 0. The van der Waals surface area contributed by atoms with Crippen LogP contribution in [0.5, 0.6) is 17.4 Å². The fourth-order valence-corrected chi connectivity index (χ4v) is 1.55. The van der Waals surface area contributed by atoms with Gasteiger partial charge in [-0.05, 0) is 18.2 Å². The minimum absolute atomic E-state index is 0.122. The van der Waals surface area contributed by atoms with Crippen LogP contribution in [0.25, 0.3) is 11.5 Å². The second kappa shape index (κ2) is 5.43. The summed E-state index contributed by atoms with van der Waals surface area (Å²) in [6.45, 7) is 1.30. The summed E-state index contributed by atoms with van der Waals surface area (Å²) in [5.41, 5.74) is 0.691. The number of carbonyl (C=O) groups is 1. The summed E-state index contributed by atoms with van der Waals surface area (Å²) >= 11 is 0. The number of benzene rings is 1.